The van der Waals surface area contributed by atoms with Gasteiger partial charge in [0.2, 0.25) is 15.9 Å². The van der Waals surface area contributed by atoms with Crippen LogP contribution in [-0.2, 0) is 34.1 Å². The summed E-state index contributed by atoms with van der Waals surface area (Å²) in [5.74, 6) is -0.131. The molecule has 0 spiro atoms. The fraction of sp³-hybridized carbons (Fsp3) is 0.250. The lowest BCUT2D eigenvalue weighted by Gasteiger charge is -2.26. The van der Waals surface area contributed by atoms with Gasteiger partial charge in [-0.15, -0.1) is 0 Å². The number of aromatic nitrogens is 1. The van der Waals surface area contributed by atoms with Gasteiger partial charge in [0.1, 0.15) is 0 Å². The zero-order chi connectivity index (χ0) is 21.8. The lowest BCUT2D eigenvalue weighted by molar-refractivity contribution is -0.122. The third-order valence-corrected chi connectivity index (χ3v) is 7.20. The fourth-order valence-electron chi connectivity index (χ4n) is 4.78. The molecule has 0 unspecified atom stereocenters. The largest absolute Gasteiger partial charge is 0.309 e. The molecule has 0 saturated carbocycles. The van der Waals surface area contributed by atoms with Crippen molar-refractivity contribution in [3.63, 3.8) is 0 Å². The highest BCUT2D eigenvalue weighted by atomic mass is 32.2. The molecule has 1 amide bonds. The van der Waals surface area contributed by atoms with Gasteiger partial charge >= 0.3 is 0 Å². The highest BCUT2D eigenvalue weighted by molar-refractivity contribution is 7.89. The molecule has 3 aromatic rings. The van der Waals surface area contributed by atoms with Gasteiger partial charge in [-0.3, -0.25) is 9.78 Å². The summed E-state index contributed by atoms with van der Waals surface area (Å²) in [5, 5.41) is 5.31. The number of amides is 1. The Morgan fingerprint density at radius 1 is 1.00 bits per heavy atom. The molecule has 0 radical (unpaired) electrons. The van der Waals surface area contributed by atoms with E-state index in [2.05, 4.69) is 23.2 Å². The normalized spacial score (nSPS) is 19.9. The summed E-state index contributed by atoms with van der Waals surface area (Å²) in [4.78, 5) is 19.8. The molecule has 1 aromatic heterocycles. The van der Waals surface area contributed by atoms with Crippen molar-refractivity contribution in [1.29, 1.82) is 0 Å². The highest BCUT2D eigenvalue weighted by Gasteiger charge is 2.37. The quantitative estimate of drug-likeness (QED) is 0.687. The first-order chi connectivity index (χ1) is 14.8. The minimum Gasteiger partial charge on any atom is -0.309 e. The molecule has 2 heterocycles. The number of nitrogens with two attached hydrogens (primary N) is 1. The Kier molecular flexibility index (Phi) is 4.68. The molecule has 1 aliphatic heterocycles. The van der Waals surface area contributed by atoms with Crippen LogP contribution in [0, 0.1) is 5.92 Å². The van der Waals surface area contributed by atoms with Crippen LogP contribution < -0.4 is 10.0 Å². The lowest BCUT2D eigenvalue weighted by Crippen LogP contribution is -2.40. The molecule has 158 valence electrons. The van der Waals surface area contributed by atoms with E-state index in [0.29, 0.717) is 24.9 Å². The number of hydrogen-bond acceptors (Lipinski definition) is 4. The highest BCUT2D eigenvalue weighted by Crippen LogP contribution is 2.38. The van der Waals surface area contributed by atoms with E-state index in [0.717, 1.165) is 16.8 Å². The number of fused-ring (bicyclic) bond motifs is 2. The molecule has 2 atom stereocenters. The maximum Gasteiger partial charge on any atom is 0.238 e. The van der Waals surface area contributed by atoms with Crippen molar-refractivity contribution in [3.8, 4) is 11.3 Å². The monoisotopic (exact) mass is 433 g/mol. The topological polar surface area (TPSA) is 93.4 Å². The van der Waals surface area contributed by atoms with E-state index in [1.165, 1.54) is 23.3 Å². The van der Waals surface area contributed by atoms with Crippen molar-refractivity contribution in [1.82, 2.24) is 4.98 Å². The first kappa shape index (κ1) is 19.9. The summed E-state index contributed by atoms with van der Waals surface area (Å²) in [6.07, 6.45) is 3.83. The number of nitrogens with zero attached hydrogens (tertiary/aromatic N) is 2. The van der Waals surface area contributed by atoms with Crippen molar-refractivity contribution < 1.29 is 13.2 Å². The van der Waals surface area contributed by atoms with Gasteiger partial charge in [0, 0.05) is 29.4 Å². The number of hydrogen-bond donors (Lipinski definition) is 1. The standard InChI is InChI=1S/C24H23N3O3S/c1-15-10-18-7-8-21(31(25,29)30)14-23(18)27(15)24(28)20-11-16-5-6-17(12-19(16)13-20)22-4-2-3-9-26-22/h2-9,12,14-15,20H,10-11,13H2,1H3,(H2,25,29,30)/t15-,20-/m0/s1. The Hall–Kier alpha value is -3.03. The van der Waals surface area contributed by atoms with Crippen LogP contribution in [0.3, 0.4) is 0 Å². The maximum absolute atomic E-state index is 13.5. The van der Waals surface area contributed by atoms with Crippen LogP contribution in [-0.4, -0.2) is 25.4 Å². The summed E-state index contributed by atoms with van der Waals surface area (Å²) < 4.78 is 23.6. The number of benzene rings is 2. The summed E-state index contributed by atoms with van der Waals surface area (Å²) in [6.45, 7) is 2.00. The zero-order valence-electron chi connectivity index (χ0n) is 17.2. The molecule has 0 saturated heterocycles. The second-order valence-corrected chi connectivity index (χ2v) is 9.96. The Balaban J connectivity index is 1.43. The van der Waals surface area contributed by atoms with Gasteiger partial charge in [-0.25, -0.2) is 13.6 Å². The van der Waals surface area contributed by atoms with Crippen LogP contribution >= 0.6 is 0 Å². The molecule has 0 bridgehead atoms. The number of sulfonamides is 1. The molecular formula is C24H23N3O3S. The Bertz CT molecular complexity index is 1290. The van der Waals surface area contributed by atoms with Gasteiger partial charge in [0.15, 0.2) is 0 Å². The fourth-order valence-corrected chi connectivity index (χ4v) is 5.32. The van der Waals surface area contributed by atoms with Crippen LogP contribution in [0.4, 0.5) is 5.69 Å². The first-order valence-corrected chi connectivity index (χ1v) is 11.9. The molecule has 5 rings (SSSR count). The number of anilines is 1. The summed E-state index contributed by atoms with van der Waals surface area (Å²) in [7, 11) is -3.83. The van der Waals surface area contributed by atoms with E-state index in [1.54, 1.807) is 17.2 Å². The second-order valence-electron chi connectivity index (χ2n) is 8.40. The molecule has 2 aliphatic rings. The Morgan fingerprint density at radius 2 is 1.77 bits per heavy atom. The van der Waals surface area contributed by atoms with Crippen molar-refractivity contribution >= 4 is 21.6 Å². The van der Waals surface area contributed by atoms with Crippen LogP contribution in [0.1, 0.15) is 23.6 Å². The molecule has 7 heteroatoms. The number of rotatable bonds is 3. The van der Waals surface area contributed by atoms with Crippen LogP contribution in [0.25, 0.3) is 11.3 Å². The number of carbonyl (C=O) groups excluding carboxylic acids is 1. The van der Waals surface area contributed by atoms with Gasteiger partial charge in [-0.2, -0.15) is 0 Å². The van der Waals surface area contributed by atoms with Crippen molar-refractivity contribution in [2.45, 2.75) is 37.1 Å². The Labute approximate surface area is 181 Å². The minimum absolute atomic E-state index is 0.0222. The predicted octanol–water partition coefficient (Wildman–Crippen LogP) is 3.09. The van der Waals surface area contributed by atoms with Crippen LogP contribution in [0.5, 0.6) is 0 Å². The Morgan fingerprint density at radius 3 is 2.52 bits per heavy atom. The van der Waals surface area contributed by atoms with E-state index in [4.69, 9.17) is 5.14 Å². The summed E-state index contributed by atoms with van der Waals surface area (Å²) >= 11 is 0. The van der Waals surface area contributed by atoms with Crippen LogP contribution in [0.15, 0.2) is 65.7 Å². The maximum atomic E-state index is 13.5. The average Bonchev–Trinajstić information content (AvgIpc) is 3.32. The average molecular weight is 434 g/mol. The van der Waals surface area contributed by atoms with Gasteiger partial charge in [0.05, 0.1) is 10.6 Å². The zero-order valence-corrected chi connectivity index (χ0v) is 18.0. The van der Waals surface area contributed by atoms with Crippen molar-refractivity contribution in [3.05, 3.63) is 77.5 Å². The molecular weight excluding hydrogens is 410 g/mol. The van der Waals surface area contributed by atoms with E-state index in [1.807, 2.05) is 25.1 Å². The molecule has 31 heavy (non-hydrogen) atoms. The summed E-state index contributed by atoms with van der Waals surface area (Å²) in [5.41, 5.74) is 5.95. The summed E-state index contributed by atoms with van der Waals surface area (Å²) in [6, 6.07) is 16.9. The van der Waals surface area contributed by atoms with E-state index < -0.39 is 10.0 Å². The van der Waals surface area contributed by atoms with Gasteiger partial charge in [-0.05, 0) is 73.2 Å². The van der Waals surface area contributed by atoms with E-state index in [-0.39, 0.29) is 22.8 Å². The van der Waals surface area contributed by atoms with Crippen LogP contribution in [0.2, 0.25) is 0 Å². The molecule has 6 nitrogen and oxygen atoms in total. The predicted molar refractivity (Wildman–Crippen MR) is 119 cm³/mol. The van der Waals surface area contributed by atoms with E-state index >= 15 is 0 Å². The van der Waals surface area contributed by atoms with Crippen molar-refractivity contribution in [2.75, 3.05) is 4.90 Å². The number of primary sulfonamides is 1. The third-order valence-electron chi connectivity index (χ3n) is 6.29. The molecule has 1 aliphatic carbocycles. The van der Waals surface area contributed by atoms with Gasteiger partial charge < -0.3 is 4.90 Å². The van der Waals surface area contributed by atoms with Crippen molar-refractivity contribution in [2.24, 2.45) is 11.1 Å². The molecule has 0 fully saturated rings. The van der Waals surface area contributed by atoms with Gasteiger partial charge in [-0.1, -0.05) is 24.3 Å². The number of pyridine rings is 1. The third kappa shape index (κ3) is 3.54. The minimum atomic E-state index is -3.83. The molecule has 2 aromatic carbocycles. The molecule has 2 N–H and O–H groups in total. The van der Waals surface area contributed by atoms with Gasteiger partial charge in [0.25, 0.3) is 0 Å². The number of carbonyl (C=O) groups is 1. The van der Waals surface area contributed by atoms with E-state index in [9.17, 15) is 13.2 Å². The second kappa shape index (κ2) is 7.28. The first-order valence-electron chi connectivity index (χ1n) is 10.3. The lowest BCUT2D eigenvalue weighted by atomic mass is 10.0. The smallest absolute Gasteiger partial charge is 0.238 e. The SMILES string of the molecule is C[C@H]1Cc2ccc(S(N)(=O)=O)cc2N1C(=O)[C@H]1Cc2ccc(-c3ccccn3)cc2C1.